The van der Waals surface area contributed by atoms with E-state index in [1.165, 1.54) is 0 Å². The van der Waals surface area contributed by atoms with Gasteiger partial charge >= 0.3 is 0 Å². The maximum absolute atomic E-state index is 11.5. The molecule has 0 heterocycles. The average Bonchev–Trinajstić information content (AvgIpc) is 2.34. The Morgan fingerprint density at radius 1 is 1.33 bits per heavy atom. The predicted octanol–water partition coefficient (Wildman–Crippen LogP) is 1.50. The van der Waals surface area contributed by atoms with E-state index in [9.17, 15) is 9.59 Å². The van der Waals surface area contributed by atoms with Crippen molar-refractivity contribution in [3.63, 3.8) is 0 Å². The van der Waals surface area contributed by atoms with Crippen LogP contribution in [0.15, 0.2) is 24.3 Å². The van der Waals surface area contributed by atoms with E-state index in [1.807, 2.05) is 19.9 Å². The number of primary amides is 1. The highest BCUT2D eigenvalue weighted by atomic mass is 16.1. The van der Waals surface area contributed by atoms with Crippen molar-refractivity contribution in [1.82, 2.24) is 5.32 Å². The zero-order valence-corrected chi connectivity index (χ0v) is 10.8. The molecule has 1 rings (SSSR count). The quantitative estimate of drug-likeness (QED) is 0.799. The van der Waals surface area contributed by atoms with Crippen molar-refractivity contribution < 1.29 is 9.59 Å². The van der Waals surface area contributed by atoms with Crippen LogP contribution in [0, 0.1) is 12.3 Å². The first-order valence-electron chi connectivity index (χ1n) is 5.99. The van der Waals surface area contributed by atoms with Crippen LogP contribution >= 0.6 is 0 Å². The summed E-state index contributed by atoms with van der Waals surface area (Å²) in [6.45, 7) is 4.73. The molecule has 3 N–H and O–H groups in total. The molecule has 1 radical (unpaired) electrons. The molecule has 0 aromatic heterocycles. The number of carbonyl (C=O) groups excluding carboxylic acids is 2. The highest BCUT2D eigenvalue weighted by molar-refractivity contribution is 5.95. The summed E-state index contributed by atoms with van der Waals surface area (Å²) in [6, 6.07) is 6.98. The van der Waals surface area contributed by atoms with Gasteiger partial charge in [0.05, 0.1) is 0 Å². The molecule has 97 valence electrons. The zero-order valence-electron chi connectivity index (χ0n) is 10.8. The van der Waals surface area contributed by atoms with E-state index in [4.69, 9.17) is 5.73 Å². The molecule has 1 aromatic rings. The van der Waals surface area contributed by atoms with Crippen LogP contribution < -0.4 is 11.1 Å². The van der Waals surface area contributed by atoms with Gasteiger partial charge in [0.15, 0.2) is 0 Å². The van der Waals surface area contributed by atoms with Crippen molar-refractivity contribution in [3.8, 4) is 0 Å². The van der Waals surface area contributed by atoms with Crippen molar-refractivity contribution in [2.45, 2.75) is 20.3 Å². The Morgan fingerprint density at radius 3 is 2.61 bits per heavy atom. The van der Waals surface area contributed by atoms with Gasteiger partial charge in [0.2, 0.25) is 11.8 Å². The van der Waals surface area contributed by atoms with Crippen molar-refractivity contribution in [2.75, 3.05) is 6.54 Å². The summed E-state index contributed by atoms with van der Waals surface area (Å²) >= 11 is 0. The number of nitrogens with one attached hydrogen (secondary N) is 1. The second-order valence-electron chi connectivity index (χ2n) is 4.56. The number of amides is 2. The average molecular weight is 247 g/mol. The van der Waals surface area contributed by atoms with E-state index in [0.29, 0.717) is 23.6 Å². The first-order valence-corrected chi connectivity index (χ1v) is 5.99. The Labute approximate surface area is 108 Å². The number of hydrogen-bond acceptors (Lipinski definition) is 2. The highest BCUT2D eigenvalue weighted by Gasteiger charge is 2.09. The van der Waals surface area contributed by atoms with Crippen LogP contribution in [0.3, 0.4) is 0 Å². The molecule has 0 fully saturated rings. The van der Waals surface area contributed by atoms with Gasteiger partial charge in [-0.3, -0.25) is 9.59 Å². The molecule has 0 aliphatic rings. The molecular weight excluding hydrogens is 228 g/mol. The molecule has 0 aliphatic heterocycles. The monoisotopic (exact) mass is 247 g/mol. The third-order valence-electron chi connectivity index (χ3n) is 2.44. The van der Waals surface area contributed by atoms with Crippen molar-refractivity contribution in [3.05, 3.63) is 41.8 Å². The third-order valence-corrected chi connectivity index (χ3v) is 2.44. The van der Waals surface area contributed by atoms with E-state index in [-0.39, 0.29) is 12.3 Å². The lowest BCUT2D eigenvalue weighted by molar-refractivity contribution is -0.120. The molecule has 0 bridgehead atoms. The summed E-state index contributed by atoms with van der Waals surface area (Å²) in [5, 5.41) is 2.81. The lowest BCUT2D eigenvalue weighted by Crippen LogP contribution is -2.27. The van der Waals surface area contributed by atoms with Gasteiger partial charge < -0.3 is 11.1 Å². The van der Waals surface area contributed by atoms with Gasteiger partial charge in [-0.15, -0.1) is 0 Å². The third kappa shape index (κ3) is 4.57. The van der Waals surface area contributed by atoms with Gasteiger partial charge in [-0.25, -0.2) is 0 Å². The molecule has 0 aliphatic carbocycles. The topological polar surface area (TPSA) is 72.2 Å². The van der Waals surface area contributed by atoms with Crippen molar-refractivity contribution in [1.29, 1.82) is 0 Å². The lowest BCUT2D eigenvalue weighted by atomic mass is 10.0. The van der Waals surface area contributed by atoms with Crippen molar-refractivity contribution in [2.24, 2.45) is 11.7 Å². The van der Waals surface area contributed by atoms with Gasteiger partial charge in [0.1, 0.15) is 0 Å². The van der Waals surface area contributed by atoms with Gasteiger partial charge in [0.25, 0.3) is 0 Å². The van der Waals surface area contributed by atoms with Gasteiger partial charge in [-0.05, 0) is 17.5 Å². The second-order valence-corrected chi connectivity index (χ2v) is 4.56. The largest absolute Gasteiger partial charge is 0.366 e. The minimum atomic E-state index is -0.482. The molecule has 1 aromatic carbocycles. The first-order chi connectivity index (χ1) is 8.50. The van der Waals surface area contributed by atoms with Crippen LogP contribution in [0.5, 0.6) is 0 Å². The van der Waals surface area contributed by atoms with E-state index in [2.05, 4.69) is 5.32 Å². The Kier molecular flexibility index (Phi) is 5.36. The SMILES string of the molecule is CC(C)CNC(=O)C[CH]c1ccccc1C(N)=O. The van der Waals surface area contributed by atoms with Gasteiger partial charge in [-0.1, -0.05) is 32.0 Å². The predicted molar refractivity (Wildman–Crippen MR) is 70.8 cm³/mol. The molecule has 0 spiro atoms. The molecule has 0 unspecified atom stereocenters. The number of hydrogen-bond donors (Lipinski definition) is 2. The fourth-order valence-electron chi connectivity index (χ4n) is 1.49. The van der Waals surface area contributed by atoms with E-state index < -0.39 is 5.91 Å². The fraction of sp³-hybridized carbons (Fsp3) is 0.357. The Balaban J connectivity index is 2.53. The molecule has 0 saturated heterocycles. The molecular formula is C14H19N2O2. The standard InChI is InChI=1S/C14H19N2O2/c1-10(2)9-16-13(17)8-7-11-5-3-4-6-12(11)14(15)18/h3-7,10H,8-9H2,1-2H3,(H2,15,18)(H,16,17). The van der Waals surface area contributed by atoms with Crippen LogP contribution in [0.2, 0.25) is 0 Å². The summed E-state index contributed by atoms with van der Waals surface area (Å²) in [5.41, 5.74) is 6.40. The maximum atomic E-state index is 11.5. The summed E-state index contributed by atoms with van der Waals surface area (Å²) in [6.07, 6.45) is 1.97. The number of rotatable bonds is 6. The normalized spacial score (nSPS) is 10.4. The summed E-state index contributed by atoms with van der Waals surface area (Å²) in [4.78, 5) is 22.7. The molecule has 18 heavy (non-hydrogen) atoms. The zero-order chi connectivity index (χ0) is 13.5. The van der Waals surface area contributed by atoms with Gasteiger partial charge in [0, 0.05) is 24.9 Å². The maximum Gasteiger partial charge on any atom is 0.248 e. The lowest BCUT2D eigenvalue weighted by Gasteiger charge is -2.08. The fourth-order valence-corrected chi connectivity index (χ4v) is 1.49. The highest BCUT2D eigenvalue weighted by Crippen LogP contribution is 2.12. The molecule has 2 amide bonds. The minimum absolute atomic E-state index is 0.0528. The minimum Gasteiger partial charge on any atom is -0.366 e. The Morgan fingerprint density at radius 2 is 2.00 bits per heavy atom. The summed E-state index contributed by atoms with van der Waals surface area (Å²) in [5.74, 6) is -0.112. The Hall–Kier alpha value is -1.84. The van der Waals surface area contributed by atoms with Crippen LogP contribution in [0.4, 0.5) is 0 Å². The van der Waals surface area contributed by atoms with Crippen molar-refractivity contribution >= 4 is 11.8 Å². The van der Waals surface area contributed by atoms with Crippen LogP contribution in [-0.4, -0.2) is 18.4 Å². The van der Waals surface area contributed by atoms with E-state index in [0.717, 1.165) is 0 Å². The number of carbonyl (C=O) groups is 2. The smallest absolute Gasteiger partial charge is 0.248 e. The number of benzene rings is 1. The molecule has 4 heteroatoms. The van der Waals surface area contributed by atoms with E-state index >= 15 is 0 Å². The number of nitrogens with two attached hydrogens (primary N) is 1. The molecule has 0 saturated carbocycles. The van der Waals surface area contributed by atoms with Crippen LogP contribution in [0.25, 0.3) is 0 Å². The van der Waals surface area contributed by atoms with E-state index in [1.54, 1.807) is 24.6 Å². The molecule has 4 nitrogen and oxygen atoms in total. The first kappa shape index (κ1) is 14.2. The summed E-state index contributed by atoms with van der Waals surface area (Å²) < 4.78 is 0. The second kappa shape index (κ2) is 6.79. The van der Waals surface area contributed by atoms with Crippen LogP contribution in [0.1, 0.15) is 36.2 Å². The molecule has 0 atom stereocenters. The summed E-state index contributed by atoms with van der Waals surface area (Å²) in [7, 11) is 0. The Bertz CT molecular complexity index is 428. The van der Waals surface area contributed by atoms with Crippen LogP contribution in [-0.2, 0) is 4.79 Å². The van der Waals surface area contributed by atoms with Gasteiger partial charge in [-0.2, -0.15) is 0 Å².